The number of aliphatic hydroxyl groups excluding tert-OH is 1. The molecular formula is C10H14O2S. The van der Waals surface area contributed by atoms with E-state index in [1.54, 1.807) is 23.9 Å². The molecule has 0 spiro atoms. The normalized spacial score (nSPS) is 12.8. The number of aromatic hydroxyl groups is 1. The predicted octanol–water partition coefficient (Wildman–Crippen LogP) is 1.66. The van der Waals surface area contributed by atoms with Crippen LogP contribution in [0.3, 0.4) is 0 Å². The van der Waals surface area contributed by atoms with Crippen molar-refractivity contribution in [3.05, 3.63) is 29.8 Å². The Kier molecular flexibility index (Phi) is 4.12. The molecule has 1 rings (SSSR count). The number of benzene rings is 1. The summed E-state index contributed by atoms with van der Waals surface area (Å²) in [6.07, 6.45) is 2.33. The molecule has 0 aliphatic carbocycles. The van der Waals surface area contributed by atoms with Crippen LogP contribution in [0.25, 0.3) is 0 Å². The quantitative estimate of drug-likeness (QED) is 0.773. The van der Waals surface area contributed by atoms with Crippen molar-refractivity contribution in [3.63, 3.8) is 0 Å². The second-order valence-corrected chi connectivity index (χ2v) is 3.89. The van der Waals surface area contributed by atoms with Crippen LogP contribution < -0.4 is 0 Å². The molecule has 0 saturated heterocycles. The highest BCUT2D eigenvalue weighted by molar-refractivity contribution is 7.98. The lowest BCUT2D eigenvalue weighted by molar-refractivity contribution is 0.200. The number of phenols is 1. The van der Waals surface area contributed by atoms with E-state index >= 15 is 0 Å². The first-order chi connectivity index (χ1) is 6.22. The van der Waals surface area contributed by atoms with Crippen molar-refractivity contribution in [3.8, 4) is 5.75 Å². The molecule has 3 heteroatoms. The largest absolute Gasteiger partial charge is 0.508 e. The summed E-state index contributed by atoms with van der Waals surface area (Å²) in [6.45, 7) is 0. The number of aliphatic hydroxyl groups is 1. The highest BCUT2D eigenvalue weighted by Gasteiger charge is 2.03. The first kappa shape index (κ1) is 10.4. The van der Waals surface area contributed by atoms with E-state index in [1.807, 2.05) is 18.4 Å². The van der Waals surface area contributed by atoms with Crippen LogP contribution in [-0.2, 0) is 6.42 Å². The van der Waals surface area contributed by atoms with Gasteiger partial charge in [-0.2, -0.15) is 11.8 Å². The van der Waals surface area contributed by atoms with Crippen LogP contribution in [0.4, 0.5) is 0 Å². The zero-order valence-electron chi connectivity index (χ0n) is 7.60. The van der Waals surface area contributed by atoms with Gasteiger partial charge < -0.3 is 10.2 Å². The Labute approximate surface area is 82.6 Å². The Morgan fingerprint density at radius 2 is 1.92 bits per heavy atom. The smallest absolute Gasteiger partial charge is 0.115 e. The predicted molar refractivity (Wildman–Crippen MR) is 56.2 cm³/mol. The van der Waals surface area contributed by atoms with Gasteiger partial charge in [0.2, 0.25) is 0 Å². The summed E-state index contributed by atoms with van der Waals surface area (Å²) >= 11 is 1.63. The Morgan fingerprint density at radius 3 is 2.46 bits per heavy atom. The van der Waals surface area contributed by atoms with Crippen molar-refractivity contribution in [2.45, 2.75) is 12.5 Å². The van der Waals surface area contributed by atoms with Crippen LogP contribution in [0.1, 0.15) is 5.56 Å². The molecule has 0 amide bonds. The fourth-order valence-corrected chi connectivity index (χ4v) is 1.66. The van der Waals surface area contributed by atoms with Crippen molar-refractivity contribution in [1.82, 2.24) is 0 Å². The summed E-state index contributed by atoms with van der Waals surface area (Å²) in [5.74, 6) is 1.02. The summed E-state index contributed by atoms with van der Waals surface area (Å²) < 4.78 is 0. The van der Waals surface area contributed by atoms with Crippen molar-refractivity contribution >= 4 is 11.8 Å². The number of thioether (sulfide) groups is 1. The van der Waals surface area contributed by atoms with Gasteiger partial charge in [0, 0.05) is 5.75 Å². The van der Waals surface area contributed by atoms with E-state index < -0.39 is 0 Å². The van der Waals surface area contributed by atoms with Crippen LogP contribution in [0, 0.1) is 0 Å². The maximum atomic E-state index is 9.49. The second-order valence-electron chi connectivity index (χ2n) is 2.98. The number of rotatable bonds is 4. The summed E-state index contributed by atoms with van der Waals surface area (Å²) in [7, 11) is 0. The maximum Gasteiger partial charge on any atom is 0.115 e. The Bertz CT molecular complexity index is 246. The number of hydrogen-bond acceptors (Lipinski definition) is 3. The van der Waals surface area contributed by atoms with Gasteiger partial charge in [-0.15, -0.1) is 0 Å². The molecule has 1 aromatic carbocycles. The molecule has 0 heterocycles. The van der Waals surface area contributed by atoms with Crippen LogP contribution >= 0.6 is 11.8 Å². The first-order valence-corrected chi connectivity index (χ1v) is 5.56. The van der Waals surface area contributed by atoms with E-state index in [0.717, 1.165) is 11.3 Å². The molecule has 1 aromatic rings. The Balaban J connectivity index is 2.49. The Morgan fingerprint density at radius 1 is 1.31 bits per heavy atom. The zero-order chi connectivity index (χ0) is 9.68. The lowest BCUT2D eigenvalue weighted by Crippen LogP contribution is -2.12. The Hall–Kier alpha value is -0.670. The standard InChI is InChI=1S/C10H14O2S/c1-13-7-10(12)6-8-2-4-9(11)5-3-8/h2-5,10-12H,6-7H2,1H3. The molecule has 0 fully saturated rings. The van der Waals surface area contributed by atoms with Crippen LogP contribution in [0.5, 0.6) is 5.75 Å². The lowest BCUT2D eigenvalue weighted by Gasteiger charge is -2.08. The van der Waals surface area contributed by atoms with Gasteiger partial charge in [-0.3, -0.25) is 0 Å². The number of phenolic OH excluding ortho intramolecular Hbond substituents is 1. The van der Waals surface area contributed by atoms with Crippen molar-refractivity contribution in [2.24, 2.45) is 0 Å². The van der Waals surface area contributed by atoms with Gasteiger partial charge in [0.25, 0.3) is 0 Å². The zero-order valence-corrected chi connectivity index (χ0v) is 8.42. The van der Waals surface area contributed by atoms with Gasteiger partial charge in [-0.25, -0.2) is 0 Å². The van der Waals surface area contributed by atoms with Crippen molar-refractivity contribution in [1.29, 1.82) is 0 Å². The molecule has 0 aliphatic rings. The molecule has 0 saturated carbocycles. The monoisotopic (exact) mass is 198 g/mol. The van der Waals surface area contributed by atoms with E-state index in [-0.39, 0.29) is 11.9 Å². The van der Waals surface area contributed by atoms with Gasteiger partial charge in [0.1, 0.15) is 5.75 Å². The van der Waals surface area contributed by atoms with E-state index in [2.05, 4.69) is 0 Å². The molecule has 72 valence electrons. The number of hydrogen-bond donors (Lipinski definition) is 2. The van der Waals surface area contributed by atoms with Gasteiger partial charge in [0.15, 0.2) is 0 Å². The summed E-state index contributed by atoms with van der Waals surface area (Å²) in [5, 5.41) is 18.5. The van der Waals surface area contributed by atoms with Gasteiger partial charge in [-0.05, 0) is 30.4 Å². The second kappa shape index (κ2) is 5.14. The van der Waals surface area contributed by atoms with E-state index in [9.17, 15) is 5.11 Å². The van der Waals surface area contributed by atoms with Crippen LogP contribution in [0.15, 0.2) is 24.3 Å². The average Bonchev–Trinajstić information content (AvgIpc) is 2.09. The highest BCUT2D eigenvalue weighted by Crippen LogP contribution is 2.12. The fourth-order valence-electron chi connectivity index (χ4n) is 1.16. The molecule has 0 radical (unpaired) electrons. The minimum atomic E-state index is -0.292. The molecule has 2 nitrogen and oxygen atoms in total. The minimum Gasteiger partial charge on any atom is -0.508 e. The van der Waals surface area contributed by atoms with Gasteiger partial charge in [-0.1, -0.05) is 12.1 Å². The van der Waals surface area contributed by atoms with Crippen molar-refractivity contribution < 1.29 is 10.2 Å². The first-order valence-electron chi connectivity index (χ1n) is 4.17. The van der Waals surface area contributed by atoms with E-state index in [1.165, 1.54) is 0 Å². The average molecular weight is 198 g/mol. The summed E-state index contributed by atoms with van der Waals surface area (Å²) in [5.41, 5.74) is 1.05. The fraction of sp³-hybridized carbons (Fsp3) is 0.400. The molecule has 0 aromatic heterocycles. The topological polar surface area (TPSA) is 40.5 Å². The van der Waals surface area contributed by atoms with Gasteiger partial charge >= 0.3 is 0 Å². The summed E-state index contributed by atoms with van der Waals surface area (Å²) in [6, 6.07) is 6.94. The molecule has 1 atom stereocenters. The third-order valence-electron chi connectivity index (χ3n) is 1.77. The van der Waals surface area contributed by atoms with Crippen LogP contribution in [-0.4, -0.2) is 28.3 Å². The maximum absolute atomic E-state index is 9.49. The summed E-state index contributed by atoms with van der Waals surface area (Å²) in [4.78, 5) is 0. The molecule has 0 aliphatic heterocycles. The highest BCUT2D eigenvalue weighted by atomic mass is 32.2. The lowest BCUT2D eigenvalue weighted by atomic mass is 10.1. The van der Waals surface area contributed by atoms with E-state index in [4.69, 9.17) is 5.11 Å². The molecule has 13 heavy (non-hydrogen) atoms. The molecule has 0 bridgehead atoms. The minimum absolute atomic E-state index is 0.267. The van der Waals surface area contributed by atoms with Crippen molar-refractivity contribution in [2.75, 3.05) is 12.0 Å². The van der Waals surface area contributed by atoms with Crippen LogP contribution in [0.2, 0.25) is 0 Å². The SMILES string of the molecule is CSCC(O)Cc1ccc(O)cc1. The molecule has 1 unspecified atom stereocenters. The van der Waals surface area contributed by atoms with E-state index in [0.29, 0.717) is 6.42 Å². The molecule has 2 N–H and O–H groups in total. The third kappa shape index (κ3) is 3.70. The third-order valence-corrected chi connectivity index (χ3v) is 2.48. The van der Waals surface area contributed by atoms with Gasteiger partial charge in [0.05, 0.1) is 6.10 Å². The molecular weight excluding hydrogens is 184 g/mol.